The average Bonchev–Trinajstić information content (AvgIpc) is 3.07. The highest BCUT2D eigenvalue weighted by atomic mass is 32.2. The molecule has 0 bridgehead atoms. The molecule has 3 aromatic rings. The zero-order valence-corrected chi connectivity index (χ0v) is 28.1. The van der Waals surface area contributed by atoms with Crippen molar-refractivity contribution in [2.45, 2.75) is 68.5 Å². The number of rotatable bonds is 18. The summed E-state index contributed by atoms with van der Waals surface area (Å²) in [5.74, 6) is -0.854. The molecule has 2 unspecified atom stereocenters. The van der Waals surface area contributed by atoms with Crippen molar-refractivity contribution in [2.75, 3.05) is 32.6 Å². The van der Waals surface area contributed by atoms with Gasteiger partial charge in [0, 0.05) is 24.2 Å². The van der Waals surface area contributed by atoms with Gasteiger partial charge in [0.2, 0.25) is 15.9 Å². The second kappa shape index (κ2) is 18.4. The number of benzene rings is 3. The van der Waals surface area contributed by atoms with Crippen molar-refractivity contribution < 1.29 is 33.0 Å². The fourth-order valence-corrected chi connectivity index (χ4v) is 7.13. The summed E-state index contributed by atoms with van der Waals surface area (Å²) in [6.07, 6.45) is 0.790. The van der Waals surface area contributed by atoms with Gasteiger partial charge in [0.1, 0.15) is 6.04 Å². The van der Waals surface area contributed by atoms with E-state index in [0.717, 1.165) is 11.1 Å². The molecular weight excluding hydrogens is 620 g/mol. The van der Waals surface area contributed by atoms with Gasteiger partial charge in [0.25, 0.3) is 0 Å². The standard InChI is InChI=1S/C35H48N4O7S/c1-25(2)21-22-39(47(44,45)31-19-17-28(36)18-20-31)30(24-41)16-10-15-29(23-40)37-34(42)33(38-35(43)46-3)32(26-11-6-4-7-12-26)27-13-8-5-9-14-27/h4-9,11-14,17-20,25,29-30,32-33,40-41H,10,15-16,21-24,36H2,1-3H3,(H,37,42)(H,38,43)/t29?,30?,33-/m0/s1. The van der Waals surface area contributed by atoms with E-state index in [1.54, 1.807) is 0 Å². The number of alkyl carbamates (subject to hydrolysis) is 1. The van der Waals surface area contributed by atoms with Gasteiger partial charge in [0.05, 0.1) is 31.3 Å². The van der Waals surface area contributed by atoms with Crippen LogP contribution in [0.3, 0.4) is 0 Å². The second-order valence-electron chi connectivity index (χ2n) is 11.9. The Morgan fingerprint density at radius 2 is 1.40 bits per heavy atom. The number of nitrogen functional groups attached to an aromatic ring is 1. The van der Waals surface area contributed by atoms with Crippen LogP contribution >= 0.6 is 0 Å². The number of hydrogen-bond donors (Lipinski definition) is 5. The normalized spacial score (nSPS) is 13.7. The zero-order chi connectivity index (χ0) is 34.4. The molecule has 0 aliphatic carbocycles. The molecule has 0 fully saturated rings. The molecule has 0 radical (unpaired) electrons. The van der Waals surface area contributed by atoms with Gasteiger partial charge in [-0.3, -0.25) is 4.79 Å². The summed E-state index contributed by atoms with van der Waals surface area (Å²) >= 11 is 0. The van der Waals surface area contributed by atoms with Gasteiger partial charge in [-0.05, 0) is 67.0 Å². The number of nitrogens with zero attached hydrogens (tertiary/aromatic N) is 1. The number of aliphatic hydroxyl groups excluding tert-OH is 2. The Morgan fingerprint density at radius 3 is 1.89 bits per heavy atom. The molecule has 12 heteroatoms. The Morgan fingerprint density at radius 1 is 0.830 bits per heavy atom. The molecule has 0 saturated heterocycles. The Bertz CT molecular complexity index is 1450. The van der Waals surface area contributed by atoms with Crippen LogP contribution in [-0.2, 0) is 19.6 Å². The van der Waals surface area contributed by atoms with Gasteiger partial charge in [-0.1, -0.05) is 74.5 Å². The van der Waals surface area contributed by atoms with Crippen LogP contribution in [0.2, 0.25) is 0 Å². The lowest BCUT2D eigenvalue weighted by molar-refractivity contribution is -0.124. The third-order valence-corrected chi connectivity index (χ3v) is 10.0. The van der Waals surface area contributed by atoms with Crippen LogP contribution in [0.5, 0.6) is 0 Å². The van der Waals surface area contributed by atoms with Crippen molar-refractivity contribution in [3.63, 3.8) is 0 Å². The van der Waals surface area contributed by atoms with Gasteiger partial charge in [0.15, 0.2) is 0 Å². The van der Waals surface area contributed by atoms with E-state index < -0.39 is 52.7 Å². The van der Waals surface area contributed by atoms with Crippen molar-refractivity contribution in [1.82, 2.24) is 14.9 Å². The van der Waals surface area contributed by atoms with Gasteiger partial charge < -0.3 is 31.3 Å². The Balaban J connectivity index is 1.79. The van der Waals surface area contributed by atoms with E-state index in [1.165, 1.54) is 35.7 Å². The molecule has 0 aliphatic heterocycles. The van der Waals surface area contributed by atoms with Gasteiger partial charge in [-0.25, -0.2) is 13.2 Å². The third kappa shape index (κ3) is 10.8. The van der Waals surface area contributed by atoms with Crippen molar-refractivity contribution in [3.8, 4) is 0 Å². The van der Waals surface area contributed by atoms with E-state index >= 15 is 0 Å². The van der Waals surface area contributed by atoms with E-state index in [0.29, 0.717) is 24.9 Å². The molecule has 256 valence electrons. The SMILES string of the molecule is COC(=O)N[C@H](C(=O)NC(CO)CCCC(CO)N(CCC(C)C)S(=O)(=O)c1ccc(N)cc1)C(c1ccccc1)c1ccccc1. The molecule has 0 heterocycles. The number of ether oxygens (including phenoxy) is 1. The number of amides is 2. The molecular formula is C35H48N4O7S. The summed E-state index contributed by atoms with van der Waals surface area (Å²) in [5, 5.41) is 26.1. The molecule has 2 amide bonds. The van der Waals surface area contributed by atoms with E-state index in [-0.39, 0.29) is 30.4 Å². The number of sulfonamides is 1. The maximum absolute atomic E-state index is 13.8. The van der Waals surface area contributed by atoms with Crippen LogP contribution < -0.4 is 16.4 Å². The van der Waals surface area contributed by atoms with E-state index in [1.807, 2.05) is 74.5 Å². The summed E-state index contributed by atoms with van der Waals surface area (Å²) in [7, 11) is -2.72. The summed E-state index contributed by atoms with van der Waals surface area (Å²) in [6.45, 7) is 3.43. The quantitative estimate of drug-likeness (QED) is 0.127. The summed E-state index contributed by atoms with van der Waals surface area (Å²) in [4.78, 5) is 26.4. The van der Waals surface area contributed by atoms with Crippen molar-refractivity contribution >= 4 is 27.7 Å². The van der Waals surface area contributed by atoms with Crippen LogP contribution in [0.25, 0.3) is 0 Å². The first-order valence-corrected chi connectivity index (χ1v) is 17.3. The molecule has 0 aliphatic rings. The lowest BCUT2D eigenvalue weighted by Gasteiger charge is -2.31. The number of aliphatic hydroxyl groups is 2. The Kier molecular flexibility index (Phi) is 14.7. The lowest BCUT2D eigenvalue weighted by Crippen LogP contribution is -2.53. The van der Waals surface area contributed by atoms with Crippen LogP contribution in [0.4, 0.5) is 10.5 Å². The number of carbonyl (C=O) groups excluding carboxylic acids is 2. The Labute approximate surface area is 278 Å². The van der Waals surface area contributed by atoms with E-state index in [4.69, 9.17) is 10.5 Å². The topological polar surface area (TPSA) is 171 Å². The monoisotopic (exact) mass is 668 g/mol. The number of methoxy groups -OCH3 is 1. The van der Waals surface area contributed by atoms with Crippen LogP contribution in [0.1, 0.15) is 56.6 Å². The predicted octanol–water partition coefficient (Wildman–Crippen LogP) is 3.87. The molecule has 3 rings (SSSR count). The fourth-order valence-electron chi connectivity index (χ4n) is 5.47. The minimum Gasteiger partial charge on any atom is -0.453 e. The smallest absolute Gasteiger partial charge is 0.407 e. The highest BCUT2D eigenvalue weighted by Gasteiger charge is 2.34. The second-order valence-corrected chi connectivity index (χ2v) is 13.8. The number of hydrogen-bond acceptors (Lipinski definition) is 8. The zero-order valence-electron chi connectivity index (χ0n) is 27.3. The third-order valence-electron chi connectivity index (χ3n) is 8.08. The van der Waals surface area contributed by atoms with E-state index in [2.05, 4.69) is 10.6 Å². The van der Waals surface area contributed by atoms with Crippen molar-refractivity contribution in [2.24, 2.45) is 5.92 Å². The first-order valence-electron chi connectivity index (χ1n) is 15.9. The maximum Gasteiger partial charge on any atom is 0.407 e. The molecule has 11 nitrogen and oxygen atoms in total. The molecule has 0 saturated carbocycles. The lowest BCUT2D eigenvalue weighted by atomic mass is 9.84. The molecule has 3 aromatic carbocycles. The van der Waals surface area contributed by atoms with Crippen LogP contribution in [0.15, 0.2) is 89.8 Å². The number of anilines is 1. The largest absolute Gasteiger partial charge is 0.453 e. The van der Waals surface area contributed by atoms with E-state index in [9.17, 15) is 28.2 Å². The van der Waals surface area contributed by atoms with Crippen molar-refractivity contribution in [1.29, 1.82) is 0 Å². The fraction of sp³-hybridized carbons (Fsp3) is 0.429. The molecule has 47 heavy (non-hydrogen) atoms. The predicted molar refractivity (Wildman–Crippen MR) is 182 cm³/mol. The highest BCUT2D eigenvalue weighted by Crippen LogP contribution is 2.29. The molecule has 6 N–H and O–H groups in total. The number of carbonyl (C=O) groups is 2. The maximum atomic E-state index is 13.8. The average molecular weight is 669 g/mol. The van der Waals surface area contributed by atoms with Gasteiger partial charge in [-0.15, -0.1) is 0 Å². The van der Waals surface area contributed by atoms with Crippen LogP contribution in [-0.4, -0.2) is 79.9 Å². The first kappa shape index (κ1) is 37.5. The molecule has 0 spiro atoms. The highest BCUT2D eigenvalue weighted by molar-refractivity contribution is 7.89. The van der Waals surface area contributed by atoms with Crippen LogP contribution in [0, 0.1) is 5.92 Å². The number of nitrogens with two attached hydrogens (primary N) is 1. The summed E-state index contributed by atoms with van der Waals surface area (Å²) < 4.78 is 33.5. The Hall–Kier alpha value is -3.97. The number of nitrogens with one attached hydrogen (secondary N) is 2. The minimum absolute atomic E-state index is 0.0879. The summed E-state index contributed by atoms with van der Waals surface area (Å²) in [6, 6.07) is 22.1. The molecule has 0 aromatic heterocycles. The first-order chi connectivity index (χ1) is 22.5. The van der Waals surface area contributed by atoms with Crippen molar-refractivity contribution in [3.05, 3.63) is 96.1 Å². The van der Waals surface area contributed by atoms with Gasteiger partial charge >= 0.3 is 6.09 Å². The summed E-state index contributed by atoms with van der Waals surface area (Å²) in [5.41, 5.74) is 7.81. The van der Waals surface area contributed by atoms with Gasteiger partial charge in [-0.2, -0.15) is 4.31 Å². The minimum atomic E-state index is -3.94. The molecule has 3 atom stereocenters.